The van der Waals surface area contributed by atoms with Gasteiger partial charge in [0.05, 0.1) is 48.3 Å². The fourth-order valence-electron chi connectivity index (χ4n) is 4.31. The molecule has 4 heterocycles. The quantitative estimate of drug-likeness (QED) is 0.399. The highest BCUT2D eigenvalue weighted by molar-refractivity contribution is 6.04. The Hall–Kier alpha value is -4.40. The topological polar surface area (TPSA) is 96.1 Å². The summed E-state index contributed by atoms with van der Waals surface area (Å²) in [5, 5.41) is 4.20. The SMILES string of the molecule is CCNc1cc(-c2ccc3ncc4c(c3c2)n(-c2ccc(OC)nc2OC)c(=O)n4C)cnc1C. The third kappa shape index (κ3) is 3.65. The normalized spacial score (nSPS) is 11.2. The number of benzene rings is 1. The van der Waals surface area contributed by atoms with Gasteiger partial charge in [-0.05, 0) is 43.7 Å². The Labute approximate surface area is 202 Å². The van der Waals surface area contributed by atoms with Crippen molar-refractivity contribution in [3.05, 3.63) is 65.0 Å². The number of ether oxygens (including phenoxy) is 2. The third-order valence-electron chi connectivity index (χ3n) is 6.13. The molecule has 4 aromatic heterocycles. The molecule has 0 fully saturated rings. The lowest BCUT2D eigenvalue weighted by Crippen LogP contribution is -2.21. The first-order chi connectivity index (χ1) is 17.0. The second kappa shape index (κ2) is 8.75. The fourth-order valence-corrected chi connectivity index (χ4v) is 4.31. The van der Waals surface area contributed by atoms with Gasteiger partial charge in [0.25, 0.3) is 0 Å². The van der Waals surface area contributed by atoms with E-state index in [9.17, 15) is 4.79 Å². The molecular weight excluding hydrogens is 444 g/mol. The highest BCUT2D eigenvalue weighted by atomic mass is 16.5. The molecule has 1 N–H and O–H groups in total. The Morgan fingerprint density at radius 1 is 1.00 bits per heavy atom. The van der Waals surface area contributed by atoms with E-state index in [2.05, 4.69) is 33.3 Å². The number of anilines is 1. The van der Waals surface area contributed by atoms with Crippen LogP contribution in [0.2, 0.25) is 0 Å². The maximum absolute atomic E-state index is 13.4. The van der Waals surface area contributed by atoms with Crippen LogP contribution in [0.5, 0.6) is 11.8 Å². The van der Waals surface area contributed by atoms with Gasteiger partial charge in [-0.3, -0.25) is 19.1 Å². The van der Waals surface area contributed by atoms with Gasteiger partial charge in [-0.25, -0.2) is 4.79 Å². The van der Waals surface area contributed by atoms with Crippen molar-refractivity contribution in [2.24, 2.45) is 7.05 Å². The molecule has 9 nitrogen and oxygen atoms in total. The van der Waals surface area contributed by atoms with Gasteiger partial charge in [0.15, 0.2) is 0 Å². The third-order valence-corrected chi connectivity index (χ3v) is 6.13. The number of hydrogen-bond donors (Lipinski definition) is 1. The Kier molecular flexibility index (Phi) is 5.60. The summed E-state index contributed by atoms with van der Waals surface area (Å²) >= 11 is 0. The molecule has 0 saturated carbocycles. The van der Waals surface area contributed by atoms with Crippen molar-refractivity contribution >= 4 is 27.6 Å². The van der Waals surface area contributed by atoms with Crippen molar-refractivity contribution in [1.29, 1.82) is 0 Å². The highest BCUT2D eigenvalue weighted by Crippen LogP contribution is 2.32. The Morgan fingerprint density at radius 2 is 1.83 bits per heavy atom. The van der Waals surface area contributed by atoms with Gasteiger partial charge >= 0.3 is 5.69 Å². The average Bonchev–Trinajstić information content (AvgIpc) is 3.14. The predicted molar refractivity (Wildman–Crippen MR) is 137 cm³/mol. The molecule has 5 rings (SSSR count). The Balaban J connectivity index is 1.81. The van der Waals surface area contributed by atoms with Crippen LogP contribution in [0.3, 0.4) is 0 Å². The van der Waals surface area contributed by atoms with Crippen molar-refractivity contribution < 1.29 is 9.47 Å². The van der Waals surface area contributed by atoms with Crippen LogP contribution < -0.4 is 20.5 Å². The predicted octanol–water partition coefficient (Wildman–Crippen LogP) is 4.09. The Bertz CT molecular complexity index is 1640. The van der Waals surface area contributed by atoms with E-state index in [1.165, 1.54) is 14.2 Å². The van der Waals surface area contributed by atoms with Crippen LogP contribution in [0.1, 0.15) is 12.6 Å². The maximum Gasteiger partial charge on any atom is 0.333 e. The summed E-state index contributed by atoms with van der Waals surface area (Å²) in [6.45, 7) is 4.85. The van der Waals surface area contributed by atoms with Crippen LogP contribution in [0, 0.1) is 6.92 Å². The first-order valence-electron chi connectivity index (χ1n) is 11.3. The summed E-state index contributed by atoms with van der Waals surface area (Å²) in [6, 6.07) is 11.6. The summed E-state index contributed by atoms with van der Waals surface area (Å²) in [6.07, 6.45) is 3.58. The monoisotopic (exact) mass is 470 g/mol. The second-order valence-corrected chi connectivity index (χ2v) is 8.17. The smallest absolute Gasteiger partial charge is 0.333 e. The van der Waals surface area contributed by atoms with Crippen molar-refractivity contribution in [2.45, 2.75) is 13.8 Å². The van der Waals surface area contributed by atoms with Crippen LogP contribution in [-0.4, -0.2) is 44.9 Å². The highest BCUT2D eigenvalue weighted by Gasteiger charge is 2.20. The molecule has 5 aromatic rings. The van der Waals surface area contributed by atoms with Crippen LogP contribution in [-0.2, 0) is 7.05 Å². The van der Waals surface area contributed by atoms with E-state index in [-0.39, 0.29) is 11.6 Å². The van der Waals surface area contributed by atoms with Crippen molar-refractivity contribution in [3.63, 3.8) is 0 Å². The standard InChI is InChI=1S/C26H26N6O3/c1-6-27-20-12-17(13-28-15(20)2)16-7-8-19-18(11-16)24-22(14-29-19)31(3)26(33)32(24)21-9-10-23(34-4)30-25(21)35-5/h7-14,27H,6H2,1-5H3. The molecule has 0 aliphatic rings. The summed E-state index contributed by atoms with van der Waals surface area (Å²) in [7, 11) is 4.79. The second-order valence-electron chi connectivity index (χ2n) is 8.17. The van der Waals surface area contributed by atoms with E-state index in [0.717, 1.165) is 45.5 Å². The molecule has 0 saturated heterocycles. The number of fused-ring (bicyclic) bond motifs is 3. The summed E-state index contributed by atoms with van der Waals surface area (Å²) in [4.78, 5) is 27.0. The largest absolute Gasteiger partial charge is 0.481 e. The molecule has 178 valence electrons. The molecule has 0 unspecified atom stereocenters. The fraction of sp³-hybridized carbons (Fsp3) is 0.231. The number of methoxy groups -OCH3 is 2. The van der Waals surface area contributed by atoms with Gasteiger partial charge in [-0.15, -0.1) is 0 Å². The zero-order chi connectivity index (χ0) is 24.7. The zero-order valence-corrected chi connectivity index (χ0v) is 20.3. The first-order valence-corrected chi connectivity index (χ1v) is 11.3. The van der Waals surface area contributed by atoms with Crippen molar-refractivity contribution in [2.75, 3.05) is 26.1 Å². The van der Waals surface area contributed by atoms with E-state index in [4.69, 9.17) is 9.47 Å². The summed E-state index contributed by atoms with van der Waals surface area (Å²) < 4.78 is 13.9. The van der Waals surface area contributed by atoms with Gasteiger partial charge in [0, 0.05) is 36.8 Å². The first kappa shape index (κ1) is 22.4. The molecule has 0 spiro atoms. The van der Waals surface area contributed by atoms with Crippen LogP contribution in [0.4, 0.5) is 5.69 Å². The van der Waals surface area contributed by atoms with Gasteiger partial charge in [0.2, 0.25) is 11.8 Å². The lowest BCUT2D eigenvalue weighted by Gasteiger charge is -2.12. The van der Waals surface area contributed by atoms with Crippen LogP contribution in [0.25, 0.3) is 38.8 Å². The lowest BCUT2D eigenvalue weighted by atomic mass is 10.0. The lowest BCUT2D eigenvalue weighted by molar-refractivity contribution is 0.363. The maximum atomic E-state index is 13.4. The van der Waals surface area contributed by atoms with Gasteiger partial charge in [-0.2, -0.15) is 4.98 Å². The van der Waals surface area contributed by atoms with E-state index in [0.29, 0.717) is 17.1 Å². The van der Waals surface area contributed by atoms with Gasteiger partial charge in [0.1, 0.15) is 5.69 Å². The molecule has 1 aromatic carbocycles. The number of hydrogen-bond acceptors (Lipinski definition) is 7. The molecule has 0 aliphatic heterocycles. The van der Waals surface area contributed by atoms with E-state index < -0.39 is 0 Å². The number of nitrogens with zero attached hydrogens (tertiary/aromatic N) is 5. The average molecular weight is 471 g/mol. The number of nitrogens with one attached hydrogen (secondary N) is 1. The van der Waals surface area contributed by atoms with E-state index in [1.807, 2.05) is 31.3 Å². The molecule has 0 bridgehead atoms. The number of aromatic nitrogens is 5. The molecule has 0 amide bonds. The molecule has 0 atom stereocenters. The number of pyridine rings is 3. The Morgan fingerprint density at radius 3 is 2.57 bits per heavy atom. The van der Waals surface area contributed by atoms with E-state index >= 15 is 0 Å². The van der Waals surface area contributed by atoms with Crippen molar-refractivity contribution in [3.8, 4) is 28.6 Å². The van der Waals surface area contributed by atoms with Gasteiger partial charge in [-0.1, -0.05) is 6.07 Å². The van der Waals surface area contributed by atoms with Gasteiger partial charge < -0.3 is 14.8 Å². The number of rotatable bonds is 6. The summed E-state index contributed by atoms with van der Waals surface area (Å²) in [5.41, 5.74) is 6.37. The minimum absolute atomic E-state index is 0.226. The van der Waals surface area contributed by atoms with E-state index in [1.54, 1.807) is 34.5 Å². The molecule has 9 heteroatoms. The van der Waals surface area contributed by atoms with Crippen LogP contribution in [0.15, 0.2) is 53.6 Å². The minimum atomic E-state index is -0.226. The summed E-state index contributed by atoms with van der Waals surface area (Å²) in [5.74, 6) is 0.689. The molecular formula is C26H26N6O3. The molecule has 0 aliphatic carbocycles. The van der Waals surface area contributed by atoms with Crippen LogP contribution >= 0.6 is 0 Å². The molecule has 0 radical (unpaired) electrons. The number of imidazole rings is 1. The van der Waals surface area contributed by atoms with Crippen molar-refractivity contribution in [1.82, 2.24) is 24.1 Å². The minimum Gasteiger partial charge on any atom is -0.481 e. The zero-order valence-electron chi connectivity index (χ0n) is 20.3. The molecule has 35 heavy (non-hydrogen) atoms. The number of aryl methyl sites for hydroxylation is 2.